The highest BCUT2D eigenvalue weighted by Crippen LogP contribution is 2.43. The predicted molar refractivity (Wildman–Crippen MR) is 147 cm³/mol. The number of nitrogens with one attached hydrogen (secondary N) is 2. The Kier molecular flexibility index (Phi) is 8.03. The largest absolute Gasteiger partial charge is 0.349 e. The number of aromatic nitrogens is 3. The smallest absolute Gasteiger partial charge is 0.262 e. The molecule has 7 nitrogen and oxygen atoms in total. The molecule has 0 radical (unpaired) electrons. The standard InChI is InChI=1S/C29H37F2N5O2S/c1-4-5-24(37)34-25(18-6-7-18)20-14-23-33-22(16-36(23)32-15-20)26(19-8-11-29(30,31)12-9-19)35-28(38)27-21(17(2)3)10-13-39-27/h10,13-19,25-26H,4-9,11-12H2,1-3H3,(H,34,37)(H,35,38)/t25-,26+/m1/s1. The molecule has 0 spiro atoms. The molecule has 210 valence electrons. The highest BCUT2D eigenvalue weighted by molar-refractivity contribution is 7.12. The summed E-state index contributed by atoms with van der Waals surface area (Å²) in [4.78, 5) is 31.3. The van der Waals surface area contributed by atoms with Crippen molar-refractivity contribution < 1.29 is 18.4 Å². The Balaban J connectivity index is 1.44. The molecule has 0 aromatic carbocycles. The Hall–Kier alpha value is -2.88. The van der Waals surface area contributed by atoms with Gasteiger partial charge in [-0.25, -0.2) is 18.3 Å². The summed E-state index contributed by atoms with van der Waals surface area (Å²) >= 11 is 1.39. The van der Waals surface area contributed by atoms with Crippen molar-refractivity contribution in [3.8, 4) is 0 Å². The first-order valence-electron chi connectivity index (χ1n) is 14.1. The molecule has 2 atom stereocenters. The van der Waals surface area contributed by atoms with Crippen molar-refractivity contribution in [2.45, 2.75) is 96.1 Å². The van der Waals surface area contributed by atoms with Gasteiger partial charge in [-0.05, 0) is 78.5 Å². The quantitative estimate of drug-likeness (QED) is 0.295. The van der Waals surface area contributed by atoms with E-state index in [9.17, 15) is 18.4 Å². The van der Waals surface area contributed by atoms with Gasteiger partial charge in [0.2, 0.25) is 11.8 Å². The summed E-state index contributed by atoms with van der Waals surface area (Å²) in [6, 6.07) is 3.29. The van der Waals surface area contributed by atoms with Gasteiger partial charge in [-0.1, -0.05) is 20.8 Å². The zero-order chi connectivity index (χ0) is 27.7. The maximum atomic E-state index is 14.0. The number of halogens is 2. The van der Waals surface area contributed by atoms with Crippen LogP contribution in [-0.2, 0) is 4.79 Å². The second kappa shape index (κ2) is 11.3. The maximum absolute atomic E-state index is 14.0. The molecule has 3 aromatic rings. The van der Waals surface area contributed by atoms with Crippen molar-refractivity contribution in [3.63, 3.8) is 0 Å². The van der Waals surface area contributed by atoms with Gasteiger partial charge in [-0.3, -0.25) is 9.59 Å². The fourth-order valence-corrected chi connectivity index (χ4v) is 6.56. The predicted octanol–water partition coefficient (Wildman–Crippen LogP) is 6.58. The lowest BCUT2D eigenvalue weighted by molar-refractivity contribution is -0.122. The molecule has 3 aromatic heterocycles. The van der Waals surface area contributed by atoms with Crippen LogP contribution in [0, 0.1) is 11.8 Å². The summed E-state index contributed by atoms with van der Waals surface area (Å²) in [6.07, 6.45) is 7.16. The summed E-state index contributed by atoms with van der Waals surface area (Å²) in [5.74, 6) is -2.41. The van der Waals surface area contributed by atoms with Crippen LogP contribution in [0.3, 0.4) is 0 Å². The van der Waals surface area contributed by atoms with E-state index in [4.69, 9.17) is 4.98 Å². The summed E-state index contributed by atoms with van der Waals surface area (Å²) in [6.45, 7) is 6.07. The van der Waals surface area contributed by atoms with E-state index in [1.807, 2.05) is 38.3 Å². The maximum Gasteiger partial charge on any atom is 0.262 e. The number of alkyl halides is 2. The number of carbonyl (C=O) groups is 2. The van der Waals surface area contributed by atoms with Crippen LogP contribution in [0.25, 0.3) is 5.65 Å². The van der Waals surface area contributed by atoms with Crippen LogP contribution < -0.4 is 10.6 Å². The van der Waals surface area contributed by atoms with Crippen molar-refractivity contribution in [1.82, 2.24) is 25.2 Å². The number of nitrogens with zero attached hydrogens (tertiary/aromatic N) is 3. The molecule has 3 heterocycles. The molecule has 39 heavy (non-hydrogen) atoms. The van der Waals surface area contributed by atoms with Gasteiger partial charge in [0.05, 0.1) is 35.0 Å². The average molecular weight is 558 g/mol. The minimum absolute atomic E-state index is 0.0320. The molecule has 2 amide bonds. The van der Waals surface area contributed by atoms with Crippen molar-refractivity contribution in [1.29, 1.82) is 0 Å². The van der Waals surface area contributed by atoms with Crippen LogP contribution in [0.4, 0.5) is 8.78 Å². The zero-order valence-electron chi connectivity index (χ0n) is 22.8. The van der Waals surface area contributed by atoms with E-state index in [-0.39, 0.29) is 42.5 Å². The number of thiophene rings is 1. The van der Waals surface area contributed by atoms with Crippen LogP contribution in [0.1, 0.15) is 117 Å². The first kappa shape index (κ1) is 27.7. The number of imidazole rings is 1. The summed E-state index contributed by atoms with van der Waals surface area (Å²) in [7, 11) is 0. The van der Waals surface area contributed by atoms with E-state index in [1.54, 1.807) is 16.9 Å². The Morgan fingerprint density at radius 1 is 1.13 bits per heavy atom. The molecule has 10 heteroatoms. The Bertz CT molecular complexity index is 1320. The fraction of sp³-hybridized carbons (Fsp3) is 0.586. The lowest BCUT2D eigenvalue weighted by Crippen LogP contribution is -2.37. The molecule has 2 fully saturated rings. The minimum Gasteiger partial charge on any atom is -0.349 e. The zero-order valence-corrected chi connectivity index (χ0v) is 23.6. The van der Waals surface area contributed by atoms with E-state index in [0.717, 1.165) is 30.4 Å². The first-order chi connectivity index (χ1) is 18.6. The van der Waals surface area contributed by atoms with Crippen molar-refractivity contribution in [3.05, 3.63) is 51.6 Å². The van der Waals surface area contributed by atoms with E-state index < -0.39 is 12.0 Å². The number of rotatable bonds is 10. The van der Waals surface area contributed by atoms with Crippen LogP contribution in [0.15, 0.2) is 29.9 Å². The summed E-state index contributed by atoms with van der Waals surface area (Å²) in [5, 5.41) is 12.8. The molecule has 0 bridgehead atoms. The molecular weight excluding hydrogens is 520 g/mol. The summed E-state index contributed by atoms with van der Waals surface area (Å²) < 4.78 is 29.7. The van der Waals surface area contributed by atoms with Gasteiger partial charge in [0, 0.05) is 19.3 Å². The number of hydrogen-bond donors (Lipinski definition) is 2. The molecule has 0 saturated heterocycles. The Labute approximate surface area is 231 Å². The molecule has 2 aliphatic carbocycles. The summed E-state index contributed by atoms with van der Waals surface area (Å²) in [5.41, 5.74) is 3.11. The molecule has 2 aliphatic rings. The molecule has 2 N–H and O–H groups in total. The SMILES string of the molecule is CCCC(=O)N[C@@H](c1cnn2cc([C@@H](NC(=O)c3sccc3C(C)C)C3CCC(F)(F)CC3)nc2c1)C1CC1. The van der Waals surface area contributed by atoms with Crippen molar-refractivity contribution in [2.24, 2.45) is 11.8 Å². The normalized spacial score (nSPS) is 19.2. The van der Waals surface area contributed by atoms with E-state index in [1.165, 1.54) is 11.3 Å². The molecule has 0 aliphatic heterocycles. The first-order valence-corrected chi connectivity index (χ1v) is 14.9. The van der Waals surface area contributed by atoms with Crippen LogP contribution in [0.5, 0.6) is 0 Å². The second-order valence-electron chi connectivity index (χ2n) is 11.4. The molecule has 2 saturated carbocycles. The van der Waals surface area contributed by atoms with Gasteiger partial charge < -0.3 is 10.6 Å². The lowest BCUT2D eigenvalue weighted by atomic mass is 9.81. The van der Waals surface area contributed by atoms with Crippen LogP contribution >= 0.6 is 11.3 Å². The molecule has 0 unspecified atom stereocenters. The Morgan fingerprint density at radius 3 is 2.51 bits per heavy atom. The van der Waals surface area contributed by atoms with E-state index >= 15 is 0 Å². The third-order valence-corrected chi connectivity index (χ3v) is 8.90. The average Bonchev–Trinajstić information content (AvgIpc) is 3.44. The van der Waals surface area contributed by atoms with Gasteiger partial charge >= 0.3 is 0 Å². The monoisotopic (exact) mass is 557 g/mol. The number of hydrogen-bond acceptors (Lipinski definition) is 5. The lowest BCUT2D eigenvalue weighted by Gasteiger charge is -2.33. The van der Waals surface area contributed by atoms with Crippen molar-refractivity contribution in [2.75, 3.05) is 0 Å². The number of amides is 2. The van der Waals surface area contributed by atoms with Gasteiger partial charge in [0.15, 0.2) is 5.65 Å². The fourth-order valence-electron chi connectivity index (χ4n) is 5.60. The van der Waals surface area contributed by atoms with Gasteiger partial charge in [0.1, 0.15) is 0 Å². The molecule has 5 rings (SSSR count). The number of carbonyl (C=O) groups excluding carboxylic acids is 2. The molecular formula is C29H37F2N5O2S. The van der Waals surface area contributed by atoms with Gasteiger partial charge in [-0.15, -0.1) is 11.3 Å². The highest BCUT2D eigenvalue weighted by atomic mass is 32.1. The third kappa shape index (κ3) is 6.31. The minimum atomic E-state index is -2.67. The van der Waals surface area contributed by atoms with E-state index in [0.29, 0.717) is 41.4 Å². The Morgan fingerprint density at radius 2 is 1.85 bits per heavy atom. The topological polar surface area (TPSA) is 88.4 Å². The van der Waals surface area contributed by atoms with Gasteiger partial charge in [-0.2, -0.15) is 5.10 Å². The van der Waals surface area contributed by atoms with E-state index in [2.05, 4.69) is 15.7 Å². The number of fused-ring (bicyclic) bond motifs is 1. The highest BCUT2D eigenvalue weighted by Gasteiger charge is 2.40. The van der Waals surface area contributed by atoms with Crippen molar-refractivity contribution >= 4 is 28.8 Å². The van der Waals surface area contributed by atoms with Gasteiger partial charge in [0.25, 0.3) is 5.91 Å². The van der Waals surface area contributed by atoms with Crippen LogP contribution in [0.2, 0.25) is 0 Å². The third-order valence-electron chi connectivity index (χ3n) is 7.97. The second-order valence-corrected chi connectivity index (χ2v) is 12.3. The van der Waals surface area contributed by atoms with Crippen LogP contribution in [-0.4, -0.2) is 32.3 Å².